The SMILES string of the molecule is CCC1CCC2(CC1)NC(=O)N(CC(=O)c1ccc(OC)cc1)C2=O. The lowest BCUT2D eigenvalue weighted by atomic mass is 9.75. The Kier molecular flexibility index (Phi) is 4.79. The molecule has 0 aromatic heterocycles. The lowest BCUT2D eigenvalue weighted by molar-refractivity contribution is -0.132. The number of carbonyl (C=O) groups is 3. The van der Waals surface area contributed by atoms with E-state index in [1.54, 1.807) is 31.4 Å². The van der Waals surface area contributed by atoms with E-state index < -0.39 is 11.6 Å². The number of urea groups is 1. The Hall–Kier alpha value is -2.37. The van der Waals surface area contributed by atoms with Crippen LogP contribution in [0.3, 0.4) is 0 Å². The Labute approximate surface area is 147 Å². The summed E-state index contributed by atoms with van der Waals surface area (Å²) >= 11 is 0. The molecule has 1 spiro atoms. The topological polar surface area (TPSA) is 75.7 Å². The van der Waals surface area contributed by atoms with Gasteiger partial charge in [0.25, 0.3) is 5.91 Å². The van der Waals surface area contributed by atoms with Gasteiger partial charge in [0.1, 0.15) is 11.3 Å². The molecule has 1 aliphatic heterocycles. The number of benzene rings is 1. The summed E-state index contributed by atoms with van der Waals surface area (Å²) < 4.78 is 5.07. The van der Waals surface area contributed by atoms with Crippen LogP contribution in [0, 0.1) is 5.92 Å². The van der Waals surface area contributed by atoms with Crippen molar-refractivity contribution in [3.8, 4) is 5.75 Å². The summed E-state index contributed by atoms with van der Waals surface area (Å²) in [5.41, 5.74) is -0.347. The number of nitrogens with one attached hydrogen (secondary N) is 1. The Balaban J connectivity index is 1.69. The minimum atomic E-state index is -0.803. The number of ketones is 1. The number of amides is 3. The normalized spacial score (nSPS) is 26.0. The number of carbonyl (C=O) groups excluding carboxylic acids is 3. The summed E-state index contributed by atoms with van der Waals surface area (Å²) in [6.07, 6.45) is 4.27. The van der Waals surface area contributed by atoms with Gasteiger partial charge in [-0.15, -0.1) is 0 Å². The molecule has 1 N–H and O–H groups in total. The van der Waals surface area contributed by atoms with Crippen LogP contribution in [0.1, 0.15) is 49.4 Å². The highest BCUT2D eigenvalue weighted by Gasteiger charge is 2.52. The molecule has 1 saturated carbocycles. The quantitative estimate of drug-likeness (QED) is 0.658. The first kappa shape index (κ1) is 17.5. The zero-order valence-electron chi connectivity index (χ0n) is 14.7. The summed E-state index contributed by atoms with van der Waals surface area (Å²) in [4.78, 5) is 38.6. The van der Waals surface area contributed by atoms with Gasteiger partial charge in [0.05, 0.1) is 13.7 Å². The molecule has 0 radical (unpaired) electrons. The molecule has 1 saturated heterocycles. The highest BCUT2D eigenvalue weighted by Crippen LogP contribution is 2.37. The van der Waals surface area contributed by atoms with Gasteiger partial charge in [0, 0.05) is 5.56 Å². The molecular weight excluding hydrogens is 320 g/mol. The van der Waals surface area contributed by atoms with E-state index in [1.807, 2.05) is 0 Å². The fraction of sp³-hybridized carbons (Fsp3) is 0.526. The number of nitrogens with zero attached hydrogens (tertiary/aromatic N) is 1. The number of ether oxygens (including phenoxy) is 1. The van der Waals surface area contributed by atoms with Crippen molar-refractivity contribution in [3.63, 3.8) is 0 Å². The van der Waals surface area contributed by atoms with E-state index in [0.29, 0.717) is 30.1 Å². The van der Waals surface area contributed by atoms with Gasteiger partial charge in [-0.3, -0.25) is 14.5 Å². The van der Waals surface area contributed by atoms with Crippen LogP contribution in [0.15, 0.2) is 24.3 Å². The van der Waals surface area contributed by atoms with E-state index in [-0.39, 0.29) is 18.2 Å². The molecule has 1 aromatic rings. The van der Waals surface area contributed by atoms with Crippen molar-refractivity contribution in [1.82, 2.24) is 10.2 Å². The highest BCUT2D eigenvalue weighted by atomic mass is 16.5. The second-order valence-electron chi connectivity index (χ2n) is 6.91. The molecule has 1 aromatic carbocycles. The third-order valence-corrected chi connectivity index (χ3v) is 5.50. The molecule has 1 aliphatic carbocycles. The molecular formula is C19H24N2O4. The van der Waals surface area contributed by atoms with Crippen molar-refractivity contribution in [2.24, 2.45) is 5.92 Å². The first-order valence-electron chi connectivity index (χ1n) is 8.80. The molecule has 0 unspecified atom stereocenters. The van der Waals surface area contributed by atoms with E-state index in [2.05, 4.69) is 12.2 Å². The molecule has 2 fully saturated rings. The standard InChI is InChI=1S/C19H24N2O4/c1-3-13-8-10-19(11-9-13)17(23)21(18(24)20-19)12-16(22)14-4-6-15(25-2)7-5-14/h4-7,13H,3,8-12H2,1-2H3,(H,20,24). The largest absolute Gasteiger partial charge is 0.497 e. The van der Waals surface area contributed by atoms with E-state index in [4.69, 9.17) is 4.74 Å². The van der Waals surface area contributed by atoms with Crippen LogP contribution in [0.4, 0.5) is 4.79 Å². The lowest BCUT2D eigenvalue weighted by Crippen LogP contribution is -2.49. The maximum atomic E-state index is 12.8. The fourth-order valence-corrected chi connectivity index (χ4v) is 3.75. The van der Waals surface area contributed by atoms with Gasteiger partial charge in [-0.1, -0.05) is 13.3 Å². The van der Waals surface area contributed by atoms with Crippen LogP contribution >= 0.6 is 0 Å². The predicted octanol–water partition coefficient (Wildman–Crippen LogP) is 2.77. The summed E-state index contributed by atoms with van der Waals surface area (Å²) in [6, 6.07) is 6.20. The summed E-state index contributed by atoms with van der Waals surface area (Å²) in [5.74, 6) is 0.753. The van der Waals surface area contributed by atoms with Crippen molar-refractivity contribution in [2.75, 3.05) is 13.7 Å². The number of Topliss-reactive ketones (excluding diaryl/α,β-unsaturated/α-hetero) is 1. The zero-order chi connectivity index (χ0) is 18.0. The molecule has 2 aliphatic rings. The summed E-state index contributed by atoms with van der Waals surface area (Å²) in [5, 5.41) is 2.85. The third kappa shape index (κ3) is 3.25. The second kappa shape index (κ2) is 6.86. The van der Waals surface area contributed by atoms with Crippen molar-refractivity contribution in [3.05, 3.63) is 29.8 Å². The number of hydrogen-bond donors (Lipinski definition) is 1. The number of hydrogen-bond acceptors (Lipinski definition) is 4. The van der Waals surface area contributed by atoms with Crippen LogP contribution in [-0.4, -0.2) is 41.8 Å². The smallest absolute Gasteiger partial charge is 0.325 e. The average molecular weight is 344 g/mol. The van der Waals surface area contributed by atoms with E-state index >= 15 is 0 Å². The minimum Gasteiger partial charge on any atom is -0.497 e. The molecule has 0 atom stereocenters. The van der Waals surface area contributed by atoms with Crippen molar-refractivity contribution >= 4 is 17.7 Å². The molecule has 1 heterocycles. The number of rotatable bonds is 5. The van der Waals surface area contributed by atoms with E-state index in [0.717, 1.165) is 24.2 Å². The molecule has 134 valence electrons. The Morgan fingerprint density at radius 1 is 1.24 bits per heavy atom. The molecule has 6 heteroatoms. The van der Waals surface area contributed by atoms with Gasteiger partial charge in [0.15, 0.2) is 5.78 Å². The van der Waals surface area contributed by atoms with Crippen LogP contribution in [0.5, 0.6) is 5.75 Å². The van der Waals surface area contributed by atoms with Crippen molar-refractivity contribution < 1.29 is 19.1 Å². The average Bonchev–Trinajstić information content (AvgIpc) is 2.86. The lowest BCUT2D eigenvalue weighted by Gasteiger charge is -2.34. The third-order valence-electron chi connectivity index (χ3n) is 5.50. The van der Waals surface area contributed by atoms with Gasteiger partial charge in [0.2, 0.25) is 0 Å². The second-order valence-corrected chi connectivity index (χ2v) is 6.91. The van der Waals surface area contributed by atoms with Gasteiger partial charge in [-0.2, -0.15) is 0 Å². The first-order chi connectivity index (χ1) is 12.0. The highest BCUT2D eigenvalue weighted by molar-refractivity contribution is 6.11. The Morgan fingerprint density at radius 2 is 1.88 bits per heavy atom. The summed E-state index contributed by atoms with van der Waals surface area (Å²) in [6.45, 7) is 1.92. The molecule has 25 heavy (non-hydrogen) atoms. The minimum absolute atomic E-state index is 0.226. The Bertz CT molecular complexity index is 675. The van der Waals surface area contributed by atoms with Crippen molar-refractivity contribution in [2.45, 2.75) is 44.6 Å². The first-order valence-corrected chi connectivity index (χ1v) is 8.80. The van der Waals surface area contributed by atoms with E-state index in [9.17, 15) is 14.4 Å². The maximum absolute atomic E-state index is 12.8. The maximum Gasteiger partial charge on any atom is 0.325 e. The van der Waals surface area contributed by atoms with Crippen LogP contribution in [-0.2, 0) is 4.79 Å². The fourth-order valence-electron chi connectivity index (χ4n) is 3.75. The molecule has 3 amide bonds. The zero-order valence-corrected chi connectivity index (χ0v) is 14.7. The molecule has 0 bridgehead atoms. The van der Waals surface area contributed by atoms with Crippen LogP contribution in [0.25, 0.3) is 0 Å². The van der Waals surface area contributed by atoms with Crippen LogP contribution < -0.4 is 10.1 Å². The number of imide groups is 1. The predicted molar refractivity (Wildman–Crippen MR) is 92.5 cm³/mol. The molecule has 3 rings (SSSR count). The van der Waals surface area contributed by atoms with Gasteiger partial charge in [-0.05, 0) is 55.9 Å². The Morgan fingerprint density at radius 3 is 2.44 bits per heavy atom. The van der Waals surface area contributed by atoms with Gasteiger partial charge in [-0.25, -0.2) is 4.79 Å². The van der Waals surface area contributed by atoms with Gasteiger partial charge < -0.3 is 10.1 Å². The summed E-state index contributed by atoms with van der Waals surface area (Å²) in [7, 11) is 1.55. The van der Waals surface area contributed by atoms with Crippen LogP contribution in [0.2, 0.25) is 0 Å². The van der Waals surface area contributed by atoms with Crippen molar-refractivity contribution in [1.29, 1.82) is 0 Å². The number of methoxy groups -OCH3 is 1. The monoisotopic (exact) mass is 344 g/mol. The van der Waals surface area contributed by atoms with Gasteiger partial charge >= 0.3 is 6.03 Å². The van der Waals surface area contributed by atoms with E-state index in [1.165, 1.54) is 0 Å². The molecule has 6 nitrogen and oxygen atoms in total.